The smallest absolute Gasteiger partial charge is 0.166 e. The van der Waals surface area contributed by atoms with Crippen LogP contribution in [0.15, 0.2) is 54.7 Å². The maximum atomic E-state index is 6.32. The molecule has 0 aliphatic carbocycles. The van der Waals surface area contributed by atoms with Crippen LogP contribution in [0.5, 0.6) is 5.75 Å². The first-order valence-corrected chi connectivity index (χ1v) is 10.9. The van der Waals surface area contributed by atoms with Gasteiger partial charge >= 0.3 is 0 Å². The van der Waals surface area contributed by atoms with Crippen molar-refractivity contribution in [2.24, 2.45) is 0 Å². The standard InChI is InChI=1S/C24H25Cl2N3O/c1-16(23-20(25)5-4-6-21(23)26)30-22-13-19(14-28-24(22)27)18-9-7-17(8-10-18)15-29-11-2-3-12-29/h4-10,13-14,16H,2-3,11-12,15H2,1H3,(H2,27,28). The summed E-state index contributed by atoms with van der Waals surface area (Å²) in [5.41, 5.74) is 10.2. The van der Waals surface area contributed by atoms with Crippen LogP contribution in [0.1, 0.15) is 37.0 Å². The monoisotopic (exact) mass is 441 g/mol. The van der Waals surface area contributed by atoms with Gasteiger partial charge in [0, 0.05) is 33.9 Å². The molecule has 1 saturated heterocycles. The number of hydrogen-bond donors (Lipinski definition) is 1. The molecule has 3 aromatic rings. The van der Waals surface area contributed by atoms with Gasteiger partial charge < -0.3 is 10.5 Å². The van der Waals surface area contributed by atoms with Crippen LogP contribution in [0.3, 0.4) is 0 Å². The number of pyridine rings is 1. The van der Waals surface area contributed by atoms with E-state index in [1.807, 2.05) is 19.1 Å². The van der Waals surface area contributed by atoms with Crippen molar-refractivity contribution in [3.8, 4) is 16.9 Å². The lowest BCUT2D eigenvalue weighted by molar-refractivity contribution is 0.228. The van der Waals surface area contributed by atoms with E-state index in [2.05, 4.69) is 34.1 Å². The maximum absolute atomic E-state index is 6.32. The van der Waals surface area contributed by atoms with Crippen molar-refractivity contribution in [1.29, 1.82) is 0 Å². The minimum absolute atomic E-state index is 0.333. The van der Waals surface area contributed by atoms with Crippen LogP contribution in [0, 0.1) is 0 Å². The zero-order valence-corrected chi connectivity index (χ0v) is 18.5. The lowest BCUT2D eigenvalue weighted by Crippen LogP contribution is -2.18. The number of hydrogen-bond acceptors (Lipinski definition) is 4. The van der Waals surface area contributed by atoms with Gasteiger partial charge in [0.25, 0.3) is 0 Å². The third-order valence-corrected chi connectivity index (χ3v) is 6.14. The van der Waals surface area contributed by atoms with Gasteiger partial charge in [0.15, 0.2) is 11.6 Å². The highest BCUT2D eigenvalue weighted by molar-refractivity contribution is 6.36. The van der Waals surface area contributed by atoms with E-state index in [1.165, 1.54) is 31.5 Å². The Bertz CT molecular complexity index is 997. The van der Waals surface area contributed by atoms with Gasteiger partial charge in [-0.25, -0.2) is 4.98 Å². The quantitative estimate of drug-likeness (QED) is 0.482. The number of likely N-dealkylation sites (tertiary alicyclic amines) is 1. The molecule has 1 atom stereocenters. The topological polar surface area (TPSA) is 51.4 Å². The third kappa shape index (κ3) is 4.72. The number of nitrogens with zero attached hydrogens (tertiary/aromatic N) is 2. The molecular weight excluding hydrogens is 417 g/mol. The van der Waals surface area contributed by atoms with Crippen LogP contribution >= 0.6 is 23.2 Å². The van der Waals surface area contributed by atoms with E-state index >= 15 is 0 Å². The molecule has 0 saturated carbocycles. The first-order valence-electron chi connectivity index (χ1n) is 10.2. The van der Waals surface area contributed by atoms with Crippen molar-refractivity contribution in [2.75, 3.05) is 18.8 Å². The molecule has 1 aromatic heterocycles. The van der Waals surface area contributed by atoms with Crippen molar-refractivity contribution in [1.82, 2.24) is 9.88 Å². The molecule has 4 rings (SSSR count). The van der Waals surface area contributed by atoms with E-state index in [0.29, 0.717) is 21.6 Å². The van der Waals surface area contributed by atoms with Crippen molar-refractivity contribution < 1.29 is 4.74 Å². The highest BCUT2D eigenvalue weighted by Crippen LogP contribution is 2.35. The Balaban J connectivity index is 1.53. The van der Waals surface area contributed by atoms with Gasteiger partial charge in [0.1, 0.15) is 6.10 Å². The summed E-state index contributed by atoms with van der Waals surface area (Å²) in [5.74, 6) is 0.844. The average Bonchev–Trinajstić information content (AvgIpc) is 3.23. The summed E-state index contributed by atoms with van der Waals surface area (Å²) in [5, 5.41) is 1.12. The number of rotatable bonds is 6. The number of anilines is 1. The molecule has 1 fully saturated rings. The van der Waals surface area contributed by atoms with Gasteiger partial charge in [-0.05, 0) is 62.2 Å². The van der Waals surface area contributed by atoms with E-state index in [1.54, 1.807) is 18.3 Å². The van der Waals surface area contributed by atoms with Crippen molar-refractivity contribution in [3.05, 3.63) is 75.9 Å². The number of ether oxygens (including phenoxy) is 1. The van der Waals surface area contributed by atoms with Crippen molar-refractivity contribution >= 4 is 29.0 Å². The highest BCUT2D eigenvalue weighted by atomic mass is 35.5. The lowest BCUT2D eigenvalue weighted by atomic mass is 10.0. The van der Waals surface area contributed by atoms with E-state index in [0.717, 1.165) is 23.2 Å². The summed E-state index contributed by atoms with van der Waals surface area (Å²) < 4.78 is 6.10. The van der Waals surface area contributed by atoms with Crippen molar-refractivity contribution in [3.63, 3.8) is 0 Å². The molecule has 1 aliphatic rings. The van der Waals surface area contributed by atoms with Gasteiger partial charge in [-0.3, -0.25) is 4.90 Å². The van der Waals surface area contributed by atoms with Crippen LogP contribution in [0.2, 0.25) is 10.0 Å². The Morgan fingerprint density at radius 2 is 1.70 bits per heavy atom. The zero-order chi connectivity index (χ0) is 21.1. The van der Waals surface area contributed by atoms with Gasteiger partial charge in [0.2, 0.25) is 0 Å². The predicted molar refractivity (Wildman–Crippen MR) is 124 cm³/mol. The summed E-state index contributed by atoms with van der Waals surface area (Å²) >= 11 is 12.6. The van der Waals surface area contributed by atoms with Gasteiger partial charge in [-0.15, -0.1) is 0 Å². The largest absolute Gasteiger partial charge is 0.482 e. The third-order valence-electron chi connectivity index (χ3n) is 5.48. The van der Waals surface area contributed by atoms with Crippen LogP contribution in [-0.4, -0.2) is 23.0 Å². The van der Waals surface area contributed by atoms with Gasteiger partial charge in [-0.1, -0.05) is 53.5 Å². The van der Waals surface area contributed by atoms with Gasteiger partial charge in [0.05, 0.1) is 0 Å². The molecule has 0 bridgehead atoms. The number of halogens is 2. The molecule has 0 amide bonds. The van der Waals surface area contributed by atoms with Crippen LogP contribution in [0.25, 0.3) is 11.1 Å². The van der Waals surface area contributed by atoms with Gasteiger partial charge in [-0.2, -0.15) is 0 Å². The molecule has 2 N–H and O–H groups in total. The molecule has 0 radical (unpaired) electrons. The molecular formula is C24H25Cl2N3O. The molecule has 2 heterocycles. The molecule has 2 aromatic carbocycles. The zero-order valence-electron chi connectivity index (χ0n) is 16.9. The number of benzene rings is 2. The maximum Gasteiger partial charge on any atom is 0.166 e. The van der Waals surface area contributed by atoms with E-state index in [-0.39, 0.29) is 6.10 Å². The SMILES string of the molecule is CC(Oc1cc(-c2ccc(CN3CCCC3)cc2)cnc1N)c1c(Cl)cccc1Cl. The average molecular weight is 442 g/mol. The van der Waals surface area contributed by atoms with E-state index in [4.69, 9.17) is 33.7 Å². The molecule has 30 heavy (non-hydrogen) atoms. The summed E-state index contributed by atoms with van der Waals surface area (Å²) in [6, 6.07) is 15.9. The first-order chi connectivity index (χ1) is 14.5. The number of nitrogen functional groups attached to an aromatic ring is 1. The normalized spacial score (nSPS) is 15.3. The molecule has 0 spiro atoms. The fourth-order valence-electron chi connectivity index (χ4n) is 3.86. The molecule has 1 unspecified atom stereocenters. The predicted octanol–water partition coefficient (Wildman–Crippen LogP) is 6.37. The fourth-order valence-corrected chi connectivity index (χ4v) is 4.56. The number of aromatic nitrogens is 1. The summed E-state index contributed by atoms with van der Waals surface area (Å²) in [6.07, 6.45) is 4.00. The minimum atomic E-state index is -0.367. The highest BCUT2D eigenvalue weighted by Gasteiger charge is 2.17. The summed E-state index contributed by atoms with van der Waals surface area (Å²) in [7, 11) is 0. The Kier molecular flexibility index (Phi) is 6.47. The summed E-state index contributed by atoms with van der Waals surface area (Å²) in [6.45, 7) is 5.28. The summed E-state index contributed by atoms with van der Waals surface area (Å²) in [4.78, 5) is 6.82. The van der Waals surface area contributed by atoms with Crippen molar-refractivity contribution in [2.45, 2.75) is 32.4 Å². The van der Waals surface area contributed by atoms with E-state index in [9.17, 15) is 0 Å². The second kappa shape index (κ2) is 9.25. The van der Waals surface area contributed by atoms with Crippen LogP contribution < -0.4 is 10.5 Å². The molecule has 156 valence electrons. The Hall–Kier alpha value is -2.27. The minimum Gasteiger partial charge on any atom is -0.482 e. The molecule has 6 heteroatoms. The van der Waals surface area contributed by atoms with E-state index < -0.39 is 0 Å². The molecule has 1 aliphatic heterocycles. The fraction of sp³-hybridized carbons (Fsp3) is 0.292. The Morgan fingerprint density at radius 3 is 2.37 bits per heavy atom. The molecule has 4 nitrogen and oxygen atoms in total. The number of nitrogens with two attached hydrogens (primary N) is 1. The second-order valence-electron chi connectivity index (χ2n) is 7.68. The van der Waals surface area contributed by atoms with Crippen LogP contribution in [0.4, 0.5) is 5.82 Å². The Labute approximate surface area is 187 Å². The second-order valence-corrected chi connectivity index (χ2v) is 8.50. The Morgan fingerprint density at radius 1 is 1.03 bits per heavy atom. The van der Waals surface area contributed by atoms with Crippen LogP contribution in [-0.2, 0) is 6.54 Å². The lowest BCUT2D eigenvalue weighted by Gasteiger charge is -2.19. The first kappa shape index (κ1) is 21.0.